The number of hydrogen-bond acceptors (Lipinski definition) is 4. The van der Waals surface area contributed by atoms with Crippen LogP contribution in [0.25, 0.3) is 11.4 Å². The first-order valence-electron chi connectivity index (χ1n) is 10.8. The Hall–Kier alpha value is -2.47. The van der Waals surface area contributed by atoms with Crippen molar-refractivity contribution in [1.82, 2.24) is 19.8 Å². The molecule has 29 heavy (non-hydrogen) atoms. The molecule has 1 atom stereocenters. The summed E-state index contributed by atoms with van der Waals surface area (Å²) in [6.45, 7) is 4.33. The van der Waals surface area contributed by atoms with Crippen molar-refractivity contribution in [3.05, 3.63) is 51.4 Å². The summed E-state index contributed by atoms with van der Waals surface area (Å²) in [6, 6.07) is 8.00. The molecule has 1 saturated heterocycles. The van der Waals surface area contributed by atoms with Gasteiger partial charge in [-0.15, -0.1) is 0 Å². The van der Waals surface area contributed by atoms with Gasteiger partial charge in [-0.05, 0) is 37.7 Å². The standard InChI is InChI=1S/C23H30N4O2/c1-3-20-23(29)26(2)13-14-27(20)15-16-9-7-8-10-17(16)21-24-19-12-6-4-5-11-18(19)22(28)25-21/h7-10,20H,3-6,11-15H2,1-2H3,(H,24,25,28). The first kappa shape index (κ1) is 19.8. The van der Waals surface area contributed by atoms with Crippen LogP contribution in [0.1, 0.15) is 49.4 Å². The SMILES string of the molecule is CCC1C(=O)N(C)CCN1Cc1ccccc1-c1nc2c(c(=O)[nH]1)CCCCC2. The Labute approximate surface area is 172 Å². The van der Waals surface area contributed by atoms with Gasteiger partial charge in [0.2, 0.25) is 5.91 Å². The number of carbonyl (C=O) groups is 1. The number of H-pyrrole nitrogens is 1. The predicted molar refractivity (Wildman–Crippen MR) is 114 cm³/mol. The number of nitrogens with zero attached hydrogens (tertiary/aromatic N) is 3. The maximum absolute atomic E-state index is 12.7. The third kappa shape index (κ3) is 3.99. The zero-order chi connectivity index (χ0) is 20.4. The molecule has 6 heteroatoms. The van der Waals surface area contributed by atoms with E-state index in [1.807, 2.05) is 30.1 Å². The minimum atomic E-state index is -0.0964. The van der Waals surface area contributed by atoms with Crippen molar-refractivity contribution >= 4 is 5.91 Å². The summed E-state index contributed by atoms with van der Waals surface area (Å²) < 4.78 is 0. The van der Waals surface area contributed by atoms with E-state index >= 15 is 0 Å². The van der Waals surface area contributed by atoms with Crippen LogP contribution in [-0.2, 0) is 24.2 Å². The average Bonchev–Trinajstić information content (AvgIpc) is 2.97. The Morgan fingerprint density at radius 3 is 2.72 bits per heavy atom. The molecule has 1 aromatic heterocycles. The molecule has 1 fully saturated rings. The molecule has 0 bridgehead atoms. The van der Waals surface area contributed by atoms with Gasteiger partial charge in [-0.3, -0.25) is 14.5 Å². The molecule has 0 spiro atoms. The van der Waals surface area contributed by atoms with E-state index in [0.717, 1.165) is 74.0 Å². The average molecular weight is 395 g/mol. The molecule has 2 aromatic rings. The van der Waals surface area contributed by atoms with Crippen LogP contribution in [0.15, 0.2) is 29.1 Å². The van der Waals surface area contributed by atoms with Crippen LogP contribution in [-0.4, -0.2) is 51.9 Å². The number of nitrogens with one attached hydrogen (secondary N) is 1. The predicted octanol–water partition coefficient (Wildman–Crippen LogP) is 2.76. The molecule has 1 aliphatic heterocycles. The summed E-state index contributed by atoms with van der Waals surface area (Å²) in [7, 11) is 1.88. The minimum Gasteiger partial charge on any atom is -0.343 e. The number of aryl methyl sites for hydroxylation is 1. The number of aromatic nitrogens is 2. The van der Waals surface area contributed by atoms with Gasteiger partial charge in [0, 0.05) is 37.8 Å². The monoisotopic (exact) mass is 394 g/mol. The largest absolute Gasteiger partial charge is 0.343 e. The van der Waals surface area contributed by atoms with Crippen molar-refractivity contribution in [1.29, 1.82) is 0 Å². The van der Waals surface area contributed by atoms with Crippen LogP contribution in [0.2, 0.25) is 0 Å². The summed E-state index contributed by atoms with van der Waals surface area (Å²) in [5.74, 6) is 0.840. The lowest BCUT2D eigenvalue weighted by Gasteiger charge is -2.39. The second kappa shape index (κ2) is 8.49. The Bertz CT molecular complexity index is 952. The number of fused-ring (bicyclic) bond motifs is 1. The maximum Gasteiger partial charge on any atom is 0.254 e. The first-order chi connectivity index (χ1) is 14.1. The third-order valence-electron chi connectivity index (χ3n) is 6.30. The Morgan fingerprint density at radius 2 is 1.90 bits per heavy atom. The lowest BCUT2D eigenvalue weighted by molar-refractivity contribution is -0.140. The molecule has 0 radical (unpaired) electrons. The van der Waals surface area contributed by atoms with E-state index < -0.39 is 0 Å². The van der Waals surface area contributed by atoms with E-state index in [2.05, 4.69) is 22.9 Å². The molecule has 1 amide bonds. The highest BCUT2D eigenvalue weighted by molar-refractivity contribution is 5.82. The van der Waals surface area contributed by atoms with Gasteiger partial charge in [-0.25, -0.2) is 4.98 Å². The molecule has 1 aromatic carbocycles. The van der Waals surface area contributed by atoms with E-state index in [0.29, 0.717) is 12.4 Å². The normalized spacial score (nSPS) is 20.4. The summed E-state index contributed by atoms with van der Waals surface area (Å²) in [5.41, 5.74) is 3.87. The van der Waals surface area contributed by atoms with E-state index in [1.165, 1.54) is 0 Å². The topological polar surface area (TPSA) is 69.3 Å². The lowest BCUT2D eigenvalue weighted by Crippen LogP contribution is -2.54. The van der Waals surface area contributed by atoms with Crippen molar-refractivity contribution in [2.24, 2.45) is 0 Å². The van der Waals surface area contributed by atoms with Crippen LogP contribution < -0.4 is 5.56 Å². The summed E-state index contributed by atoms with van der Waals surface area (Å²) in [4.78, 5) is 37.3. The molecule has 1 aliphatic carbocycles. The summed E-state index contributed by atoms with van der Waals surface area (Å²) in [5, 5.41) is 0. The van der Waals surface area contributed by atoms with Crippen LogP contribution in [0.4, 0.5) is 0 Å². The highest BCUT2D eigenvalue weighted by Gasteiger charge is 2.32. The van der Waals surface area contributed by atoms with E-state index in [4.69, 9.17) is 4.98 Å². The van der Waals surface area contributed by atoms with E-state index in [9.17, 15) is 9.59 Å². The second-order valence-electron chi connectivity index (χ2n) is 8.21. The zero-order valence-electron chi connectivity index (χ0n) is 17.4. The van der Waals surface area contributed by atoms with Crippen molar-refractivity contribution in [2.75, 3.05) is 20.1 Å². The number of aromatic amines is 1. The molecule has 2 aliphatic rings. The van der Waals surface area contributed by atoms with Crippen LogP contribution >= 0.6 is 0 Å². The molecular formula is C23H30N4O2. The molecule has 0 saturated carbocycles. The van der Waals surface area contributed by atoms with Gasteiger partial charge in [0.1, 0.15) is 5.82 Å². The highest BCUT2D eigenvalue weighted by Crippen LogP contribution is 2.25. The molecule has 2 heterocycles. The van der Waals surface area contributed by atoms with Crippen LogP contribution in [0.5, 0.6) is 0 Å². The third-order valence-corrected chi connectivity index (χ3v) is 6.30. The quantitative estimate of drug-likeness (QED) is 0.810. The van der Waals surface area contributed by atoms with Gasteiger partial charge >= 0.3 is 0 Å². The fraction of sp³-hybridized carbons (Fsp3) is 0.522. The van der Waals surface area contributed by atoms with Crippen molar-refractivity contribution in [3.8, 4) is 11.4 Å². The summed E-state index contributed by atoms with van der Waals surface area (Å²) in [6.07, 6.45) is 5.78. The molecule has 6 nitrogen and oxygen atoms in total. The maximum atomic E-state index is 12.7. The van der Waals surface area contributed by atoms with Gasteiger partial charge in [0.05, 0.1) is 11.7 Å². The van der Waals surface area contributed by atoms with Crippen LogP contribution in [0, 0.1) is 0 Å². The highest BCUT2D eigenvalue weighted by atomic mass is 16.2. The van der Waals surface area contributed by atoms with Crippen molar-refractivity contribution in [3.63, 3.8) is 0 Å². The van der Waals surface area contributed by atoms with Crippen LogP contribution in [0.3, 0.4) is 0 Å². The van der Waals surface area contributed by atoms with Gasteiger partial charge in [-0.2, -0.15) is 0 Å². The number of hydrogen-bond donors (Lipinski definition) is 1. The van der Waals surface area contributed by atoms with E-state index in [1.54, 1.807) is 0 Å². The molecular weight excluding hydrogens is 364 g/mol. The fourth-order valence-corrected chi connectivity index (χ4v) is 4.59. The zero-order valence-corrected chi connectivity index (χ0v) is 17.4. The number of piperazine rings is 1. The number of amides is 1. The van der Waals surface area contributed by atoms with E-state index in [-0.39, 0.29) is 17.5 Å². The van der Waals surface area contributed by atoms with Gasteiger partial charge in [0.25, 0.3) is 5.56 Å². The fourth-order valence-electron chi connectivity index (χ4n) is 4.59. The smallest absolute Gasteiger partial charge is 0.254 e. The number of likely N-dealkylation sites (N-methyl/N-ethyl adjacent to an activating group) is 1. The molecule has 1 N–H and O–H groups in total. The van der Waals surface area contributed by atoms with Gasteiger partial charge in [-0.1, -0.05) is 37.6 Å². The number of carbonyl (C=O) groups excluding carboxylic acids is 1. The first-order valence-corrected chi connectivity index (χ1v) is 10.8. The Balaban J connectivity index is 1.68. The van der Waals surface area contributed by atoms with Crippen molar-refractivity contribution in [2.45, 2.75) is 58.0 Å². The van der Waals surface area contributed by atoms with Crippen molar-refractivity contribution < 1.29 is 4.79 Å². The van der Waals surface area contributed by atoms with Gasteiger partial charge in [0.15, 0.2) is 0 Å². The number of rotatable bonds is 4. The Morgan fingerprint density at radius 1 is 1.10 bits per heavy atom. The summed E-state index contributed by atoms with van der Waals surface area (Å²) >= 11 is 0. The Kier molecular flexibility index (Phi) is 5.81. The number of benzene rings is 1. The molecule has 1 unspecified atom stereocenters. The molecule has 4 rings (SSSR count). The second-order valence-corrected chi connectivity index (χ2v) is 8.21. The minimum absolute atomic E-state index is 0.00270. The molecule has 154 valence electrons. The van der Waals surface area contributed by atoms with Gasteiger partial charge < -0.3 is 9.88 Å². The lowest BCUT2D eigenvalue weighted by atomic mass is 10.0.